The molecular weight excluding hydrogens is 300 g/mol. The number of ether oxygens (including phenoxy) is 1. The lowest BCUT2D eigenvalue weighted by molar-refractivity contribution is 0.415. The van der Waals surface area contributed by atoms with Crippen LogP contribution in [-0.2, 0) is 6.54 Å². The van der Waals surface area contributed by atoms with Crippen molar-refractivity contribution in [1.82, 2.24) is 9.78 Å². The predicted octanol–water partition coefficient (Wildman–Crippen LogP) is 3.63. The minimum atomic E-state index is -0.126. The molecule has 1 heterocycles. The average molecular weight is 318 g/mol. The summed E-state index contributed by atoms with van der Waals surface area (Å²) >= 11 is 0. The summed E-state index contributed by atoms with van der Waals surface area (Å²) in [4.78, 5) is 12.0. The molecule has 0 spiro atoms. The van der Waals surface area contributed by atoms with Crippen LogP contribution in [0, 0.1) is 0 Å². The van der Waals surface area contributed by atoms with Gasteiger partial charge in [0.2, 0.25) is 0 Å². The van der Waals surface area contributed by atoms with Crippen LogP contribution in [0.3, 0.4) is 0 Å². The maximum Gasteiger partial charge on any atom is 0.267 e. The number of rotatable bonds is 5. The minimum Gasteiger partial charge on any atom is -0.497 e. The molecule has 0 aliphatic carbocycles. The Hall–Kier alpha value is -3.14. The molecule has 0 saturated carbocycles. The zero-order valence-corrected chi connectivity index (χ0v) is 13.4. The van der Waals surface area contributed by atoms with Crippen LogP contribution >= 0.6 is 0 Å². The van der Waals surface area contributed by atoms with Crippen LogP contribution in [0.4, 0.5) is 0 Å². The third-order valence-electron chi connectivity index (χ3n) is 3.62. The first kappa shape index (κ1) is 15.7. The van der Waals surface area contributed by atoms with E-state index in [0.717, 1.165) is 22.6 Å². The Bertz CT molecular complexity index is 899. The second-order valence-electron chi connectivity index (χ2n) is 5.28. The number of nitrogens with zero attached hydrogens (tertiary/aromatic N) is 2. The Balaban J connectivity index is 1.84. The molecule has 0 aliphatic rings. The summed E-state index contributed by atoms with van der Waals surface area (Å²) in [7, 11) is 1.63. The molecule has 1 aromatic heterocycles. The van der Waals surface area contributed by atoms with E-state index in [9.17, 15) is 4.79 Å². The van der Waals surface area contributed by atoms with Crippen molar-refractivity contribution in [2.24, 2.45) is 0 Å². The van der Waals surface area contributed by atoms with Gasteiger partial charge in [0.05, 0.1) is 19.3 Å². The molecule has 0 saturated heterocycles. The summed E-state index contributed by atoms with van der Waals surface area (Å²) in [6, 6.07) is 20.9. The number of aromatic nitrogens is 2. The summed E-state index contributed by atoms with van der Waals surface area (Å²) in [5.41, 5.74) is 2.62. The maximum absolute atomic E-state index is 12.0. The second-order valence-corrected chi connectivity index (χ2v) is 5.28. The number of allylic oxidation sites excluding steroid dienone is 1. The fourth-order valence-corrected chi connectivity index (χ4v) is 2.37. The lowest BCUT2D eigenvalue weighted by Crippen LogP contribution is -2.21. The van der Waals surface area contributed by atoms with E-state index < -0.39 is 0 Å². The summed E-state index contributed by atoms with van der Waals surface area (Å²) in [6.07, 6.45) is 3.91. The zero-order valence-electron chi connectivity index (χ0n) is 13.4. The molecule has 0 amide bonds. The van der Waals surface area contributed by atoms with E-state index in [1.165, 1.54) is 10.7 Å². The highest BCUT2D eigenvalue weighted by Gasteiger charge is 2.04. The summed E-state index contributed by atoms with van der Waals surface area (Å²) in [5, 5.41) is 4.45. The summed E-state index contributed by atoms with van der Waals surface area (Å²) < 4.78 is 6.69. The maximum atomic E-state index is 12.0. The molecule has 0 unspecified atom stereocenters. The molecule has 0 bridgehead atoms. The van der Waals surface area contributed by atoms with Gasteiger partial charge in [-0.1, -0.05) is 54.6 Å². The Morgan fingerprint density at radius 3 is 2.67 bits per heavy atom. The Morgan fingerprint density at radius 1 is 1.04 bits per heavy atom. The van der Waals surface area contributed by atoms with Crippen molar-refractivity contribution in [1.29, 1.82) is 0 Å². The Kier molecular flexibility index (Phi) is 4.87. The van der Waals surface area contributed by atoms with Crippen LogP contribution in [0.2, 0.25) is 0 Å². The van der Waals surface area contributed by atoms with Crippen molar-refractivity contribution >= 4 is 6.08 Å². The lowest BCUT2D eigenvalue weighted by atomic mass is 10.1. The second kappa shape index (κ2) is 7.42. The van der Waals surface area contributed by atoms with Crippen molar-refractivity contribution in [2.45, 2.75) is 6.54 Å². The molecule has 0 N–H and O–H groups in total. The van der Waals surface area contributed by atoms with Crippen LogP contribution < -0.4 is 10.3 Å². The van der Waals surface area contributed by atoms with Crippen molar-refractivity contribution in [3.05, 3.63) is 88.7 Å². The van der Waals surface area contributed by atoms with Crippen LogP contribution in [0.1, 0.15) is 5.56 Å². The van der Waals surface area contributed by atoms with Gasteiger partial charge < -0.3 is 4.74 Å². The molecule has 0 radical (unpaired) electrons. The first-order chi connectivity index (χ1) is 11.8. The van der Waals surface area contributed by atoms with E-state index in [-0.39, 0.29) is 5.56 Å². The third kappa shape index (κ3) is 3.79. The highest BCUT2D eigenvalue weighted by Crippen LogP contribution is 2.21. The highest BCUT2D eigenvalue weighted by atomic mass is 16.5. The molecule has 0 aliphatic heterocycles. The largest absolute Gasteiger partial charge is 0.497 e. The number of hydrogen-bond acceptors (Lipinski definition) is 3. The number of methoxy groups -OCH3 is 1. The van der Waals surface area contributed by atoms with Crippen molar-refractivity contribution < 1.29 is 4.74 Å². The third-order valence-corrected chi connectivity index (χ3v) is 3.62. The molecule has 0 fully saturated rings. The zero-order chi connectivity index (χ0) is 16.8. The topological polar surface area (TPSA) is 44.1 Å². The van der Waals surface area contributed by atoms with Crippen molar-refractivity contribution in [3.63, 3.8) is 0 Å². The van der Waals surface area contributed by atoms with Gasteiger partial charge in [-0.25, -0.2) is 4.68 Å². The smallest absolute Gasteiger partial charge is 0.267 e. The monoisotopic (exact) mass is 318 g/mol. The molecule has 4 nitrogen and oxygen atoms in total. The molecule has 24 heavy (non-hydrogen) atoms. The quantitative estimate of drug-likeness (QED) is 0.721. The molecule has 0 atom stereocenters. The molecule has 4 heteroatoms. The summed E-state index contributed by atoms with van der Waals surface area (Å²) in [5.74, 6) is 0.760. The van der Waals surface area contributed by atoms with Gasteiger partial charge in [-0.05, 0) is 23.8 Å². The van der Waals surface area contributed by atoms with Gasteiger partial charge in [-0.15, -0.1) is 0 Å². The summed E-state index contributed by atoms with van der Waals surface area (Å²) in [6.45, 7) is 0.422. The van der Waals surface area contributed by atoms with E-state index in [1.54, 1.807) is 13.2 Å². The van der Waals surface area contributed by atoms with Crippen molar-refractivity contribution in [2.75, 3.05) is 7.11 Å². The van der Waals surface area contributed by atoms with Crippen LogP contribution in [0.25, 0.3) is 17.3 Å². The normalized spacial score (nSPS) is 10.9. The van der Waals surface area contributed by atoms with Gasteiger partial charge in [-0.2, -0.15) is 5.10 Å². The van der Waals surface area contributed by atoms with Gasteiger partial charge in [0.25, 0.3) is 5.56 Å². The first-order valence-electron chi connectivity index (χ1n) is 7.70. The Labute approximate surface area is 140 Å². The van der Waals surface area contributed by atoms with E-state index in [4.69, 9.17) is 4.74 Å². The minimum absolute atomic E-state index is 0.126. The highest BCUT2D eigenvalue weighted by molar-refractivity contribution is 5.60. The van der Waals surface area contributed by atoms with Gasteiger partial charge in [0.15, 0.2) is 0 Å². The van der Waals surface area contributed by atoms with Crippen LogP contribution in [0.5, 0.6) is 5.75 Å². The standard InChI is InChI=1S/C20H18N2O2/c1-24-18-11-5-10-17(15-18)19-12-13-20(23)22(21-19)14-6-9-16-7-3-2-4-8-16/h2-13,15H,14H2,1H3/b9-6+. The lowest BCUT2D eigenvalue weighted by Gasteiger charge is -2.06. The predicted molar refractivity (Wildman–Crippen MR) is 96.0 cm³/mol. The molecule has 120 valence electrons. The molecule has 2 aromatic carbocycles. The van der Waals surface area contributed by atoms with E-state index in [0.29, 0.717) is 6.54 Å². The SMILES string of the molecule is COc1cccc(-c2ccc(=O)n(C/C=C/c3ccccc3)n2)c1. The molecular formula is C20H18N2O2. The van der Waals surface area contributed by atoms with Gasteiger partial charge in [0, 0.05) is 11.6 Å². The Morgan fingerprint density at radius 2 is 1.88 bits per heavy atom. The van der Waals surface area contributed by atoms with E-state index in [2.05, 4.69) is 5.10 Å². The van der Waals surface area contributed by atoms with Crippen LogP contribution in [-0.4, -0.2) is 16.9 Å². The van der Waals surface area contributed by atoms with Gasteiger partial charge >= 0.3 is 0 Å². The van der Waals surface area contributed by atoms with Crippen LogP contribution in [0.15, 0.2) is 77.6 Å². The van der Waals surface area contributed by atoms with Gasteiger partial charge in [-0.3, -0.25) is 4.79 Å². The molecule has 3 rings (SSSR count). The first-order valence-corrected chi connectivity index (χ1v) is 7.70. The fraction of sp³-hybridized carbons (Fsp3) is 0.100. The van der Waals surface area contributed by atoms with E-state index >= 15 is 0 Å². The van der Waals surface area contributed by atoms with Gasteiger partial charge in [0.1, 0.15) is 5.75 Å². The van der Waals surface area contributed by atoms with E-state index in [1.807, 2.05) is 66.7 Å². The number of hydrogen-bond donors (Lipinski definition) is 0. The number of benzene rings is 2. The molecule has 3 aromatic rings. The van der Waals surface area contributed by atoms with Crippen molar-refractivity contribution in [3.8, 4) is 17.0 Å². The average Bonchev–Trinajstić information content (AvgIpc) is 2.64. The fourth-order valence-electron chi connectivity index (χ4n) is 2.37.